The average molecular weight is 1660 g/mol. The number of methoxy groups -OCH3 is 2. The van der Waals surface area contributed by atoms with Crippen molar-refractivity contribution in [3.05, 3.63) is 124 Å². The first-order valence-corrected chi connectivity index (χ1v) is 40.7. The number of rotatable bonds is 27. The van der Waals surface area contributed by atoms with Crippen molar-refractivity contribution in [3.8, 4) is 11.5 Å². The maximum absolute atomic E-state index is 16.8. The topological polar surface area (TPSA) is 405 Å². The van der Waals surface area contributed by atoms with Crippen LogP contribution in [0.5, 0.6) is 11.5 Å². The van der Waals surface area contributed by atoms with Crippen molar-refractivity contribution in [3.63, 3.8) is 0 Å². The molecule has 17 rings (SSSR count). The van der Waals surface area contributed by atoms with Gasteiger partial charge in [0.05, 0.1) is 68.1 Å². The lowest BCUT2D eigenvalue weighted by molar-refractivity contribution is -0.158. The van der Waals surface area contributed by atoms with E-state index in [0.717, 1.165) is 49.8 Å². The van der Waals surface area contributed by atoms with Crippen molar-refractivity contribution in [2.45, 2.75) is 191 Å². The number of likely N-dealkylation sites (tertiary alicyclic amines) is 2. The number of nitrogens with zero attached hydrogens (tertiary/aromatic N) is 6. The zero-order valence-corrected chi connectivity index (χ0v) is 66.4. The molecule has 34 nitrogen and oxygen atoms in total. The highest BCUT2D eigenvalue weighted by Gasteiger charge is 2.83. The summed E-state index contributed by atoms with van der Waals surface area (Å²) in [7, 11) is 2.72. The van der Waals surface area contributed by atoms with Gasteiger partial charge in [0.1, 0.15) is 52.8 Å². The lowest BCUT2D eigenvalue weighted by atomic mass is 9.48. The van der Waals surface area contributed by atoms with E-state index in [2.05, 4.69) is 16.7 Å². The number of aromatic nitrogens is 2. The third kappa shape index (κ3) is 14.9. The normalized spacial score (nSPS) is 27.1. The molecule has 5 saturated heterocycles. The Hall–Kier alpha value is -10.7. The SMILES string of the molecule is COc1c(N2CC3CCCN(Cc4oc(=O)oc4C)C3C2)c(F)cc2c(=O)c(C(=O)OCOC(=O)OCC(COC(=O)OCOC(=O)c3cn(C4CC4)c4c(OC)c(N5CC6CCCN(Cc7oc(=O)oc7C)C6C5)c(F)cc4c3=O)OC(=O)CCC(=O)OCC(=O)[C@@]34CC[C@H]5[C@@H]6CCC7=CC(=O)CC[C@]7(C)C6[C@@H](O)C[C@@]53O4)cn(C3CC3)c12. The molecule has 11 atom stereocenters. The Balaban J connectivity index is 0.534. The number of piperidine rings is 2. The summed E-state index contributed by atoms with van der Waals surface area (Å²) in [6, 6.07) is 1.51. The number of hydrogen-bond donors (Lipinski definition) is 1. The monoisotopic (exact) mass is 1660 g/mol. The Labute approximate surface area is 676 Å². The van der Waals surface area contributed by atoms with Gasteiger partial charge in [0.25, 0.3) is 0 Å². The second-order valence-corrected chi connectivity index (χ2v) is 33.6. The molecule has 5 saturated carbocycles. The molecule has 119 heavy (non-hydrogen) atoms. The Bertz CT molecular complexity index is 5170. The Morgan fingerprint density at radius 2 is 1.12 bits per heavy atom. The number of allylic oxidation sites excluding steroid dienone is 1. The molecule has 4 aromatic heterocycles. The summed E-state index contributed by atoms with van der Waals surface area (Å²) in [6.45, 7) is 4.14. The van der Waals surface area contributed by atoms with Crippen LogP contribution in [0.2, 0.25) is 0 Å². The summed E-state index contributed by atoms with van der Waals surface area (Å²) in [4.78, 5) is 168. The minimum absolute atomic E-state index is 0.0335. The summed E-state index contributed by atoms with van der Waals surface area (Å²) in [5, 5.41) is 11.4. The lowest BCUT2D eigenvalue weighted by Crippen LogP contribution is -2.57. The van der Waals surface area contributed by atoms with E-state index < -0.39 is 157 Å². The third-order valence-electron chi connectivity index (χ3n) is 26.8. The molecule has 0 amide bonds. The zero-order chi connectivity index (χ0) is 83.4. The molecule has 36 heteroatoms. The minimum Gasteiger partial charge on any atom is -0.492 e. The van der Waals surface area contributed by atoms with Crippen LogP contribution in [0.1, 0.15) is 172 Å². The van der Waals surface area contributed by atoms with Gasteiger partial charge in [-0.15, -0.1) is 0 Å². The number of anilines is 2. The number of ether oxygens (including phenoxy) is 11. The van der Waals surface area contributed by atoms with Crippen molar-refractivity contribution >= 4 is 80.9 Å². The standard InChI is InChI=1S/C83H92F2N6O28/c1-41-61(117-79(103)114-41)34-86-22-6-8-43-28-88(32-58(43)86)69-56(84)25-51-67(73(69)105-4)90(46-11-12-46)30-53(71(51)97)75(99)110-39-112-77(101)108-36-49(116-65(96)17-16-64(95)107-38-63(94)82-21-19-55-50-15-10-45-24-48(92)18-20-81(45,3)66(50)60(93)27-83(55,82)119-82)37-109-78(102)113-40-111-76(100)54-31-91(47-13-14-47)68-52(72(54)98)26-57(85)70(74(68)106-5)89-29-44-9-7-23-87(59(44)33-89)35-62-42(2)115-80(104)118-62/h24-26,30-31,43-44,46-47,49-50,55,58-60,66,93H,6-23,27-29,32-40H2,1-5H3/t43?,44?,49?,50-,55-,58?,59?,60-,66?,81-,82-,83+/m0/s1. The summed E-state index contributed by atoms with van der Waals surface area (Å²) < 4.78 is 118. The highest BCUT2D eigenvalue weighted by Crippen LogP contribution is 2.73. The van der Waals surface area contributed by atoms with E-state index in [9.17, 15) is 62.6 Å². The first-order valence-electron chi connectivity index (χ1n) is 40.7. The van der Waals surface area contributed by atoms with Gasteiger partial charge in [0.2, 0.25) is 30.2 Å². The van der Waals surface area contributed by atoms with Gasteiger partial charge in [-0.05, 0) is 164 Å². The molecular formula is C83H92F2N6O28. The molecule has 11 aliphatic rings. The van der Waals surface area contributed by atoms with E-state index in [-0.39, 0.29) is 116 Å². The number of carbonyl (C=O) groups is 8. The van der Waals surface area contributed by atoms with Gasteiger partial charge < -0.3 is 93.8 Å². The van der Waals surface area contributed by atoms with Gasteiger partial charge in [0, 0.05) is 75.6 Å². The van der Waals surface area contributed by atoms with E-state index in [1.165, 1.54) is 26.6 Å². The van der Waals surface area contributed by atoms with Crippen molar-refractivity contribution in [1.29, 1.82) is 0 Å². The number of esters is 4. The maximum atomic E-state index is 16.8. The number of carbonyl (C=O) groups excluding carboxylic acids is 8. The fourth-order valence-electron chi connectivity index (χ4n) is 21.0. The van der Waals surface area contributed by atoms with Crippen LogP contribution in [-0.2, 0) is 74.9 Å². The Morgan fingerprint density at radius 1 is 0.605 bits per heavy atom. The predicted octanol–water partition coefficient (Wildman–Crippen LogP) is 8.24. The number of Topliss-reactive ketones (excluding diaryl/α,β-unsaturated/α-hetero) is 1. The van der Waals surface area contributed by atoms with Crippen molar-refractivity contribution in [2.24, 2.45) is 35.0 Å². The van der Waals surface area contributed by atoms with E-state index >= 15 is 8.78 Å². The van der Waals surface area contributed by atoms with Crippen LogP contribution < -0.4 is 41.8 Å². The van der Waals surface area contributed by atoms with E-state index in [0.29, 0.717) is 133 Å². The van der Waals surface area contributed by atoms with Crippen LogP contribution in [0.25, 0.3) is 21.8 Å². The number of ketones is 2. The quantitative estimate of drug-likeness (QED) is 0.0219. The molecule has 0 bridgehead atoms. The molecule has 5 unspecified atom stereocenters. The van der Waals surface area contributed by atoms with Crippen LogP contribution in [0.15, 0.2) is 73.0 Å². The Kier molecular flexibility index (Phi) is 21.5. The summed E-state index contributed by atoms with van der Waals surface area (Å²) >= 11 is 0. The fraction of sp³-hybridized carbons (Fsp3) is 0.590. The molecule has 0 radical (unpaired) electrons. The first-order chi connectivity index (χ1) is 57.2. The number of epoxide rings is 1. The molecule has 636 valence electrons. The molecule has 5 aliphatic heterocycles. The van der Waals surface area contributed by atoms with Crippen LogP contribution in [-0.4, -0.2) is 194 Å². The largest absolute Gasteiger partial charge is 0.519 e. The fourth-order valence-corrected chi connectivity index (χ4v) is 21.0. The third-order valence-corrected chi connectivity index (χ3v) is 26.8. The molecular weight excluding hydrogens is 1570 g/mol. The maximum Gasteiger partial charge on any atom is 0.519 e. The van der Waals surface area contributed by atoms with Crippen LogP contribution in [0, 0.1) is 60.5 Å². The van der Waals surface area contributed by atoms with Crippen LogP contribution in [0.3, 0.4) is 0 Å². The average Bonchev–Trinajstić information content (AvgIpc) is 1.48. The molecule has 1 N–H and O–H groups in total. The van der Waals surface area contributed by atoms with Crippen molar-refractivity contribution in [2.75, 3.05) is 96.7 Å². The molecule has 1 spiro atoms. The van der Waals surface area contributed by atoms with Gasteiger partial charge in [-0.3, -0.25) is 38.6 Å². The van der Waals surface area contributed by atoms with Crippen molar-refractivity contribution in [1.82, 2.24) is 18.9 Å². The number of pyridine rings is 2. The van der Waals surface area contributed by atoms with Gasteiger partial charge >= 0.3 is 47.8 Å². The number of fused-ring (bicyclic) bond motifs is 8. The Morgan fingerprint density at radius 3 is 1.61 bits per heavy atom. The van der Waals surface area contributed by atoms with Crippen LogP contribution >= 0.6 is 0 Å². The van der Waals surface area contributed by atoms with Gasteiger partial charge in [-0.2, -0.15) is 0 Å². The van der Waals surface area contributed by atoms with Gasteiger partial charge in [-0.1, -0.05) is 12.5 Å². The van der Waals surface area contributed by atoms with Crippen molar-refractivity contribution < 1.29 is 122 Å². The number of aryl methyl sites for hydroxylation is 2. The highest BCUT2D eigenvalue weighted by atomic mass is 19.1. The van der Waals surface area contributed by atoms with E-state index in [1.807, 2.05) is 9.80 Å². The number of hydrogen-bond acceptors (Lipinski definition) is 32. The first kappa shape index (κ1) is 80.7. The zero-order valence-electron chi connectivity index (χ0n) is 66.4. The number of halogens is 2. The summed E-state index contributed by atoms with van der Waals surface area (Å²) in [6.07, 6.45) is 6.88. The van der Waals surface area contributed by atoms with E-state index in [4.69, 9.17) is 69.8 Å². The molecule has 10 fully saturated rings. The second kappa shape index (κ2) is 31.8. The van der Waals surface area contributed by atoms with Crippen LogP contribution in [0.4, 0.5) is 29.7 Å². The summed E-state index contributed by atoms with van der Waals surface area (Å²) in [5.74, 6) is -6.50. The second-order valence-electron chi connectivity index (χ2n) is 33.6. The lowest BCUT2D eigenvalue weighted by Gasteiger charge is -2.56. The minimum atomic E-state index is -1.73. The highest BCUT2D eigenvalue weighted by molar-refractivity contribution is 6.00. The number of aliphatic hydroxyl groups is 1. The number of aliphatic hydroxyl groups excluding tert-OH is 1. The summed E-state index contributed by atoms with van der Waals surface area (Å²) in [5.41, 5.74) is -3.73. The molecule has 6 aliphatic carbocycles. The number of benzene rings is 2. The van der Waals surface area contributed by atoms with Gasteiger partial charge in [0.15, 0.2) is 58.7 Å². The molecule has 2 aromatic carbocycles. The smallest absolute Gasteiger partial charge is 0.492 e. The molecule has 9 heterocycles. The van der Waals surface area contributed by atoms with Gasteiger partial charge in [-0.25, -0.2) is 37.5 Å². The predicted molar refractivity (Wildman–Crippen MR) is 405 cm³/mol. The molecule has 6 aromatic rings. The van der Waals surface area contributed by atoms with E-state index in [1.54, 1.807) is 29.1 Å².